The van der Waals surface area contributed by atoms with E-state index in [-0.39, 0.29) is 18.8 Å². The third kappa shape index (κ3) is 2.33. The molecule has 21 heavy (non-hydrogen) atoms. The highest BCUT2D eigenvalue weighted by molar-refractivity contribution is 6.00. The van der Waals surface area contributed by atoms with Crippen LogP contribution in [-0.4, -0.2) is 46.9 Å². The third-order valence-electron chi connectivity index (χ3n) is 3.36. The standard InChI is InChI=1S/C14H12N2O5/c17-12-7-16(9(6-15-12)14(19)20)13(18)11-5-8-3-1-2-4-10(8)21-11/h1-5,9H,6-7H2,(H,15,17)(H,19,20). The molecule has 108 valence electrons. The van der Waals surface area contributed by atoms with Crippen molar-refractivity contribution in [3.05, 3.63) is 36.1 Å². The number of piperazine rings is 1. The van der Waals surface area contributed by atoms with E-state index in [9.17, 15) is 14.4 Å². The topological polar surface area (TPSA) is 99.9 Å². The average molecular weight is 288 g/mol. The van der Waals surface area contributed by atoms with Crippen LogP contribution in [-0.2, 0) is 9.59 Å². The number of hydrogen-bond donors (Lipinski definition) is 2. The maximum Gasteiger partial charge on any atom is 0.328 e. The minimum absolute atomic E-state index is 0.0251. The number of carboxylic acids is 1. The number of carbonyl (C=O) groups excluding carboxylic acids is 2. The summed E-state index contributed by atoms with van der Waals surface area (Å²) in [6.07, 6.45) is 0. The van der Waals surface area contributed by atoms with Gasteiger partial charge >= 0.3 is 5.97 Å². The van der Waals surface area contributed by atoms with Gasteiger partial charge in [-0.2, -0.15) is 0 Å². The Morgan fingerprint density at radius 2 is 2.10 bits per heavy atom. The summed E-state index contributed by atoms with van der Waals surface area (Å²) in [5, 5.41) is 12.3. The first-order valence-electron chi connectivity index (χ1n) is 6.35. The Morgan fingerprint density at radius 1 is 1.33 bits per heavy atom. The number of nitrogens with zero attached hydrogens (tertiary/aromatic N) is 1. The van der Waals surface area contributed by atoms with Gasteiger partial charge in [-0.25, -0.2) is 4.79 Å². The number of nitrogens with one attached hydrogen (secondary N) is 1. The van der Waals surface area contributed by atoms with E-state index in [1.54, 1.807) is 30.3 Å². The van der Waals surface area contributed by atoms with E-state index in [0.717, 1.165) is 10.3 Å². The molecule has 1 unspecified atom stereocenters. The Morgan fingerprint density at radius 3 is 2.81 bits per heavy atom. The SMILES string of the molecule is O=C1CN(C(=O)c2cc3ccccc3o2)C(C(=O)O)CN1. The molecule has 0 saturated carbocycles. The van der Waals surface area contributed by atoms with Crippen molar-refractivity contribution in [2.45, 2.75) is 6.04 Å². The average Bonchev–Trinajstić information content (AvgIpc) is 2.89. The van der Waals surface area contributed by atoms with E-state index in [4.69, 9.17) is 9.52 Å². The summed E-state index contributed by atoms with van der Waals surface area (Å²) in [4.78, 5) is 36.1. The largest absolute Gasteiger partial charge is 0.480 e. The van der Waals surface area contributed by atoms with Gasteiger partial charge in [-0.15, -0.1) is 0 Å². The lowest BCUT2D eigenvalue weighted by Crippen LogP contribution is -2.59. The monoisotopic (exact) mass is 288 g/mol. The van der Waals surface area contributed by atoms with E-state index in [0.29, 0.717) is 5.58 Å². The Bertz CT molecular complexity index is 703. The number of rotatable bonds is 2. The summed E-state index contributed by atoms with van der Waals surface area (Å²) < 4.78 is 5.43. The Hall–Kier alpha value is -2.83. The van der Waals surface area contributed by atoms with Gasteiger partial charge in [0.05, 0.1) is 0 Å². The fraction of sp³-hybridized carbons (Fsp3) is 0.214. The van der Waals surface area contributed by atoms with Crippen LogP contribution in [0.5, 0.6) is 0 Å². The molecule has 7 nitrogen and oxygen atoms in total. The predicted octanol–water partition coefficient (Wildman–Crippen LogP) is 0.458. The summed E-state index contributed by atoms with van der Waals surface area (Å²) in [5.41, 5.74) is 0.536. The molecule has 1 aromatic heterocycles. The molecule has 0 spiro atoms. The lowest BCUT2D eigenvalue weighted by atomic mass is 10.1. The lowest BCUT2D eigenvalue weighted by Gasteiger charge is -2.31. The van der Waals surface area contributed by atoms with Crippen LogP contribution in [0.1, 0.15) is 10.6 Å². The quantitative estimate of drug-likeness (QED) is 0.836. The molecule has 1 saturated heterocycles. The second-order valence-electron chi connectivity index (χ2n) is 4.74. The molecular formula is C14H12N2O5. The summed E-state index contributed by atoms with van der Waals surface area (Å²) >= 11 is 0. The zero-order valence-electron chi connectivity index (χ0n) is 10.9. The van der Waals surface area contributed by atoms with Gasteiger partial charge in [0.15, 0.2) is 5.76 Å². The van der Waals surface area contributed by atoms with Crippen molar-refractivity contribution < 1.29 is 23.9 Å². The molecule has 2 N–H and O–H groups in total. The first-order chi connectivity index (χ1) is 10.1. The molecule has 1 aromatic carbocycles. The van der Waals surface area contributed by atoms with Gasteiger partial charge in [0, 0.05) is 11.9 Å². The molecule has 7 heteroatoms. The van der Waals surface area contributed by atoms with Gasteiger partial charge in [0.25, 0.3) is 5.91 Å². The van der Waals surface area contributed by atoms with E-state index < -0.39 is 23.8 Å². The molecule has 2 aromatic rings. The predicted molar refractivity (Wildman–Crippen MR) is 71.7 cm³/mol. The number of para-hydroxylation sites is 1. The van der Waals surface area contributed by atoms with Gasteiger partial charge in [-0.1, -0.05) is 18.2 Å². The van der Waals surface area contributed by atoms with Crippen LogP contribution < -0.4 is 5.32 Å². The highest BCUT2D eigenvalue weighted by Crippen LogP contribution is 2.21. The number of benzene rings is 1. The Kier molecular flexibility index (Phi) is 3.09. The van der Waals surface area contributed by atoms with Crippen molar-refractivity contribution in [2.75, 3.05) is 13.1 Å². The molecule has 1 fully saturated rings. The van der Waals surface area contributed by atoms with Crippen molar-refractivity contribution in [1.29, 1.82) is 0 Å². The number of furan rings is 1. The van der Waals surface area contributed by atoms with Gasteiger partial charge in [-0.3, -0.25) is 9.59 Å². The zero-order chi connectivity index (χ0) is 15.0. The van der Waals surface area contributed by atoms with Crippen LogP contribution in [0.3, 0.4) is 0 Å². The van der Waals surface area contributed by atoms with Gasteiger partial charge in [-0.05, 0) is 12.1 Å². The second-order valence-corrected chi connectivity index (χ2v) is 4.74. The minimum Gasteiger partial charge on any atom is -0.480 e. The normalized spacial score (nSPS) is 18.6. The second kappa shape index (κ2) is 4.93. The maximum absolute atomic E-state index is 12.4. The molecule has 1 atom stereocenters. The van der Waals surface area contributed by atoms with E-state index >= 15 is 0 Å². The first-order valence-corrected chi connectivity index (χ1v) is 6.35. The molecule has 1 aliphatic heterocycles. The molecule has 0 bridgehead atoms. The highest BCUT2D eigenvalue weighted by Gasteiger charge is 2.36. The number of hydrogen-bond acceptors (Lipinski definition) is 4. The van der Waals surface area contributed by atoms with Crippen molar-refractivity contribution in [1.82, 2.24) is 10.2 Å². The molecule has 2 heterocycles. The van der Waals surface area contributed by atoms with Crippen molar-refractivity contribution in [3.63, 3.8) is 0 Å². The summed E-state index contributed by atoms with van der Waals surface area (Å²) in [6, 6.07) is 7.53. The summed E-state index contributed by atoms with van der Waals surface area (Å²) in [5.74, 6) is -2.14. The van der Waals surface area contributed by atoms with Crippen molar-refractivity contribution in [2.24, 2.45) is 0 Å². The van der Waals surface area contributed by atoms with E-state index in [2.05, 4.69) is 5.32 Å². The number of carbonyl (C=O) groups is 3. The van der Waals surface area contributed by atoms with Crippen LogP contribution in [0, 0.1) is 0 Å². The smallest absolute Gasteiger partial charge is 0.328 e. The lowest BCUT2D eigenvalue weighted by molar-refractivity contribution is -0.144. The fourth-order valence-corrected chi connectivity index (χ4v) is 2.30. The molecular weight excluding hydrogens is 276 g/mol. The molecule has 0 radical (unpaired) electrons. The number of carboxylic acid groups (broad SMARTS) is 1. The van der Waals surface area contributed by atoms with Crippen LogP contribution in [0.25, 0.3) is 11.0 Å². The first kappa shape index (κ1) is 13.2. The summed E-state index contributed by atoms with van der Waals surface area (Å²) in [6.45, 7) is -0.410. The van der Waals surface area contributed by atoms with Crippen molar-refractivity contribution in [3.8, 4) is 0 Å². The van der Waals surface area contributed by atoms with Crippen LogP contribution in [0.15, 0.2) is 34.7 Å². The third-order valence-corrected chi connectivity index (χ3v) is 3.36. The molecule has 1 aliphatic rings. The number of aliphatic carboxylic acids is 1. The Balaban J connectivity index is 1.94. The maximum atomic E-state index is 12.4. The zero-order valence-corrected chi connectivity index (χ0v) is 10.9. The van der Waals surface area contributed by atoms with Crippen LogP contribution in [0.4, 0.5) is 0 Å². The molecule has 2 amide bonds. The van der Waals surface area contributed by atoms with Crippen molar-refractivity contribution >= 4 is 28.8 Å². The molecule has 0 aliphatic carbocycles. The van der Waals surface area contributed by atoms with Gasteiger partial charge in [0.1, 0.15) is 18.2 Å². The minimum atomic E-state index is -1.17. The number of amides is 2. The van der Waals surface area contributed by atoms with E-state index in [1.165, 1.54) is 0 Å². The van der Waals surface area contributed by atoms with Crippen LogP contribution >= 0.6 is 0 Å². The summed E-state index contributed by atoms with van der Waals surface area (Å²) in [7, 11) is 0. The van der Waals surface area contributed by atoms with Crippen LogP contribution in [0.2, 0.25) is 0 Å². The highest BCUT2D eigenvalue weighted by atomic mass is 16.4. The van der Waals surface area contributed by atoms with E-state index in [1.807, 2.05) is 0 Å². The molecule has 3 rings (SSSR count). The Labute approximate surface area is 119 Å². The van der Waals surface area contributed by atoms with Gasteiger partial charge in [0.2, 0.25) is 5.91 Å². The number of fused-ring (bicyclic) bond motifs is 1. The van der Waals surface area contributed by atoms with Gasteiger partial charge < -0.3 is 19.7 Å². The fourth-order valence-electron chi connectivity index (χ4n) is 2.30.